The Hall–Kier alpha value is -1.12. The van der Waals surface area contributed by atoms with Crippen molar-refractivity contribution in [2.24, 2.45) is 0 Å². The molecule has 2 aromatic rings. The largest absolute Gasteiger partial charge is 0.414 e. The van der Waals surface area contributed by atoms with E-state index in [4.69, 9.17) is 18.6 Å². The van der Waals surface area contributed by atoms with Crippen LogP contribution in [0.5, 0.6) is 0 Å². The highest BCUT2D eigenvalue weighted by molar-refractivity contribution is 6.83. The Labute approximate surface area is 240 Å². The van der Waals surface area contributed by atoms with Crippen molar-refractivity contribution in [2.75, 3.05) is 11.6 Å². The molecule has 1 aliphatic rings. The lowest BCUT2D eigenvalue weighted by Crippen LogP contribution is -2.48. The summed E-state index contributed by atoms with van der Waals surface area (Å²) in [5, 5.41) is 0.397. The van der Waals surface area contributed by atoms with Gasteiger partial charge in [0.15, 0.2) is 30.5 Å². The first kappa shape index (κ1) is 32.4. The fourth-order valence-electron chi connectivity index (χ4n) is 3.85. The van der Waals surface area contributed by atoms with Crippen molar-refractivity contribution in [3.05, 3.63) is 12.7 Å². The van der Waals surface area contributed by atoms with E-state index in [0.717, 1.165) is 23.4 Å². The molecule has 3 atom stereocenters. The highest BCUT2D eigenvalue weighted by Crippen LogP contribution is 2.43. The molecule has 0 aliphatic carbocycles. The molecular weight excluding hydrogens is 539 g/mol. The molecule has 11 heteroatoms. The first-order valence-corrected chi connectivity index (χ1v) is 23.2. The Morgan fingerprint density at radius 1 is 0.872 bits per heavy atom. The Morgan fingerprint density at radius 2 is 1.46 bits per heavy atom. The summed E-state index contributed by atoms with van der Waals surface area (Å²) in [5.74, 6) is 0.801. The van der Waals surface area contributed by atoms with Crippen LogP contribution in [-0.2, 0) is 13.6 Å². The van der Waals surface area contributed by atoms with E-state index in [1.54, 1.807) is 6.33 Å². The van der Waals surface area contributed by atoms with Gasteiger partial charge in [0, 0.05) is 6.42 Å². The molecule has 0 amide bonds. The summed E-state index contributed by atoms with van der Waals surface area (Å²) >= 11 is 0. The van der Waals surface area contributed by atoms with Gasteiger partial charge in [-0.25, -0.2) is 15.0 Å². The molecule has 0 bridgehead atoms. The molecule has 222 valence electrons. The molecule has 8 nitrogen and oxygen atoms in total. The van der Waals surface area contributed by atoms with Crippen LogP contribution in [0.4, 0.5) is 5.82 Å². The number of fused-ring (bicyclic) bond motifs is 1. The van der Waals surface area contributed by atoms with Crippen molar-refractivity contribution in [2.45, 2.75) is 142 Å². The molecule has 1 saturated heterocycles. The van der Waals surface area contributed by atoms with E-state index >= 15 is 0 Å². The van der Waals surface area contributed by atoms with Crippen molar-refractivity contribution in [3.63, 3.8) is 0 Å². The molecule has 0 saturated carbocycles. The number of hydrogen-bond acceptors (Lipinski definition) is 7. The second kappa shape index (κ2) is 10.6. The third-order valence-electron chi connectivity index (χ3n) is 9.82. The van der Waals surface area contributed by atoms with Crippen LogP contribution in [0.3, 0.4) is 0 Å². The average Bonchev–Trinajstić information content (AvgIpc) is 3.34. The van der Waals surface area contributed by atoms with Crippen molar-refractivity contribution in [3.8, 4) is 0 Å². The Kier molecular flexibility index (Phi) is 8.82. The Balaban J connectivity index is 1.92. The van der Waals surface area contributed by atoms with Crippen molar-refractivity contribution in [1.82, 2.24) is 19.5 Å². The minimum atomic E-state index is -2.03. The lowest BCUT2D eigenvalue weighted by Gasteiger charge is -2.40. The standard InChI is InChI=1S/C28H55N5O3Si3/c1-26(2,3)37(10,11)32-24-23-25(30-18-29-24)33(19-31-23)22-16-20(36-39(14,15)28(7,8)9)21(35-22)17-34-38(12,13)27(4,5)6/h18-22H,16-17H2,1-15H3,(H,29,30,32)/t20?,21-,22-/m0/s1. The fourth-order valence-corrected chi connectivity index (χ4v) is 7.37. The highest BCUT2D eigenvalue weighted by atomic mass is 28.4. The van der Waals surface area contributed by atoms with E-state index in [0.29, 0.717) is 6.61 Å². The van der Waals surface area contributed by atoms with Gasteiger partial charge in [-0.1, -0.05) is 75.4 Å². The summed E-state index contributed by atoms with van der Waals surface area (Å²) < 4.78 is 22.4. The number of aromatic nitrogens is 4. The second-order valence-corrected chi connectivity index (χ2v) is 30.5. The number of nitrogens with one attached hydrogen (secondary N) is 1. The lowest BCUT2D eigenvalue weighted by atomic mass is 10.2. The van der Waals surface area contributed by atoms with Crippen molar-refractivity contribution >= 4 is 41.9 Å². The molecular formula is C28H55N5O3Si3. The Morgan fingerprint density at radius 3 is 2.00 bits per heavy atom. The molecule has 2 aromatic heterocycles. The zero-order chi connectivity index (χ0) is 29.8. The molecule has 39 heavy (non-hydrogen) atoms. The van der Waals surface area contributed by atoms with Gasteiger partial charge in [-0.3, -0.25) is 4.57 Å². The van der Waals surface area contributed by atoms with Gasteiger partial charge < -0.3 is 18.6 Å². The number of imidazole rings is 1. The van der Waals surface area contributed by atoms with E-state index in [1.165, 1.54) is 0 Å². The second-order valence-electron chi connectivity index (χ2n) is 15.9. The minimum Gasteiger partial charge on any atom is -0.414 e. The van der Waals surface area contributed by atoms with Crippen LogP contribution in [0.2, 0.25) is 54.4 Å². The van der Waals surface area contributed by atoms with Crippen LogP contribution < -0.4 is 4.98 Å². The van der Waals surface area contributed by atoms with Gasteiger partial charge >= 0.3 is 0 Å². The van der Waals surface area contributed by atoms with Crippen molar-refractivity contribution < 1.29 is 13.6 Å². The zero-order valence-corrected chi connectivity index (χ0v) is 30.3. The van der Waals surface area contributed by atoms with Crippen LogP contribution in [0, 0.1) is 0 Å². The first-order chi connectivity index (χ1) is 17.5. The predicted molar refractivity (Wildman–Crippen MR) is 170 cm³/mol. The molecule has 0 aromatic carbocycles. The van der Waals surface area contributed by atoms with E-state index in [1.807, 2.05) is 6.33 Å². The monoisotopic (exact) mass is 593 g/mol. The maximum atomic E-state index is 6.97. The summed E-state index contributed by atoms with van der Waals surface area (Å²) in [5.41, 5.74) is 1.57. The number of ether oxygens (including phenoxy) is 1. The normalized spacial score (nSPS) is 22.1. The molecule has 1 unspecified atom stereocenters. The highest BCUT2D eigenvalue weighted by Gasteiger charge is 2.47. The van der Waals surface area contributed by atoms with Crippen LogP contribution in [0.25, 0.3) is 11.2 Å². The van der Waals surface area contributed by atoms with E-state index < -0.39 is 24.9 Å². The Bertz CT molecular complexity index is 1150. The maximum Gasteiger partial charge on any atom is 0.192 e. The SMILES string of the molecule is CC(C)(C)[Si](C)(C)Nc1ncnc2c1ncn2[C@@H]1CC(O[Si](C)(C)C(C)(C)C)[C@H](CO[Si](C)(C)C(C)(C)C)O1. The molecule has 1 N–H and O–H groups in total. The number of nitrogens with zero attached hydrogens (tertiary/aromatic N) is 4. The fraction of sp³-hybridized carbons (Fsp3) is 0.821. The zero-order valence-electron chi connectivity index (χ0n) is 27.3. The molecule has 1 fully saturated rings. The molecule has 1 aliphatic heterocycles. The summed E-state index contributed by atoms with van der Waals surface area (Å²) in [6, 6.07) is 0. The van der Waals surface area contributed by atoms with Gasteiger partial charge in [0.2, 0.25) is 0 Å². The third-order valence-corrected chi connectivity index (χ3v) is 23.4. The quantitative estimate of drug-likeness (QED) is 0.311. The van der Waals surface area contributed by atoms with E-state index in [-0.39, 0.29) is 33.6 Å². The van der Waals surface area contributed by atoms with Gasteiger partial charge in [0.25, 0.3) is 0 Å². The summed E-state index contributed by atoms with van der Waals surface area (Å²) in [6.45, 7) is 34.9. The van der Waals surface area contributed by atoms with Gasteiger partial charge in [-0.15, -0.1) is 0 Å². The van der Waals surface area contributed by atoms with Crippen LogP contribution in [-0.4, -0.2) is 63.2 Å². The average molecular weight is 594 g/mol. The topological polar surface area (TPSA) is 83.3 Å². The molecule has 0 spiro atoms. The molecule has 0 radical (unpaired) electrons. The predicted octanol–water partition coefficient (Wildman–Crippen LogP) is 7.94. The van der Waals surface area contributed by atoms with Crippen LogP contribution in [0.15, 0.2) is 12.7 Å². The molecule has 3 heterocycles. The maximum absolute atomic E-state index is 6.97. The van der Waals surface area contributed by atoms with Gasteiger partial charge in [0.1, 0.15) is 30.0 Å². The molecule has 3 rings (SSSR count). The minimum absolute atomic E-state index is 0.0511. The van der Waals surface area contributed by atoms with Crippen LogP contribution in [0.1, 0.15) is 75.0 Å². The van der Waals surface area contributed by atoms with Gasteiger partial charge in [-0.05, 0) is 41.3 Å². The van der Waals surface area contributed by atoms with Gasteiger partial charge in [-0.2, -0.15) is 0 Å². The van der Waals surface area contributed by atoms with E-state index in [9.17, 15) is 0 Å². The third kappa shape index (κ3) is 6.86. The van der Waals surface area contributed by atoms with Crippen molar-refractivity contribution in [1.29, 1.82) is 0 Å². The van der Waals surface area contributed by atoms with Gasteiger partial charge in [0.05, 0.1) is 19.0 Å². The number of hydrogen-bond donors (Lipinski definition) is 1. The van der Waals surface area contributed by atoms with Crippen LogP contribution >= 0.6 is 0 Å². The van der Waals surface area contributed by atoms with E-state index in [2.05, 4.69) is 121 Å². The smallest absolute Gasteiger partial charge is 0.192 e. The summed E-state index contributed by atoms with van der Waals surface area (Å²) in [6.07, 6.45) is 3.78. The number of anilines is 1. The summed E-state index contributed by atoms with van der Waals surface area (Å²) in [4.78, 5) is 17.8. The lowest BCUT2D eigenvalue weighted by molar-refractivity contribution is -0.0383. The number of rotatable bonds is 8. The first-order valence-electron chi connectivity index (χ1n) is 14.4. The summed E-state index contributed by atoms with van der Waals surface area (Å²) in [7, 11) is -5.81.